The van der Waals surface area contributed by atoms with Crippen molar-refractivity contribution in [3.63, 3.8) is 0 Å². The Labute approximate surface area is 163 Å². The Bertz CT molecular complexity index is 564. The third kappa shape index (κ3) is 4.00. The Morgan fingerprint density at radius 2 is 1.47 bits per heavy atom. The van der Waals surface area contributed by atoms with Crippen molar-refractivity contribution < 1.29 is 72.3 Å². The second-order valence-electron chi connectivity index (χ2n) is 4.47. The molecular formula is C16H13HfI2. The third-order valence-corrected chi connectivity index (χ3v) is 5.11. The van der Waals surface area contributed by atoms with Gasteiger partial charge in [-0.15, -0.1) is 0 Å². The molecule has 1 aliphatic carbocycles. The molecule has 2 aromatic rings. The van der Waals surface area contributed by atoms with Crippen LogP contribution in [0.5, 0.6) is 0 Å². The van der Waals surface area contributed by atoms with Crippen LogP contribution in [0.25, 0.3) is 6.08 Å². The summed E-state index contributed by atoms with van der Waals surface area (Å²) in [5, 5.41) is 0. The third-order valence-electron chi connectivity index (χ3n) is 3.34. The maximum absolute atomic E-state index is 2.38. The van der Waals surface area contributed by atoms with Crippen LogP contribution in [0.3, 0.4) is 0 Å². The van der Waals surface area contributed by atoms with Gasteiger partial charge in [-0.2, -0.15) is 0 Å². The minimum atomic E-state index is 0. The van der Waals surface area contributed by atoms with Crippen molar-refractivity contribution in [3.8, 4) is 0 Å². The molecule has 0 fully saturated rings. The number of rotatable bonds is 2. The van der Waals surface area contributed by atoms with Gasteiger partial charge >= 0.3 is 117 Å². The minimum absolute atomic E-state index is 0. The number of allylic oxidation sites excluding steroid dienone is 1. The van der Waals surface area contributed by atoms with Crippen molar-refractivity contribution in [1.29, 1.82) is 0 Å². The number of hydrogen-bond acceptors (Lipinski definition) is 0. The van der Waals surface area contributed by atoms with Gasteiger partial charge in [0.15, 0.2) is 0 Å². The molecule has 0 aliphatic heterocycles. The second kappa shape index (κ2) is 8.08. The molecule has 0 amide bonds. The summed E-state index contributed by atoms with van der Waals surface area (Å²) in [5.41, 5.74) is 4.38. The van der Waals surface area contributed by atoms with Crippen LogP contribution in [0.4, 0.5) is 0 Å². The zero-order valence-electron chi connectivity index (χ0n) is 10.3. The van der Waals surface area contributed by atoms with Gasteiger partial charge in [0.1, 0.15) is 0 Å². The molecule has 1 unspecified atom stereocenters. The van der Waals surface area contributed by atoms with Crippen molar-refractivity contribution in [2.75, 3.05) is 0 Å². The summed E-state index contributed by atoms with van der Waals surface area (Å²) < 4.78 is 1.62. The molecule has 0 bridgehead atoms. The normalized spacial score (nSPS) is 15.9. The Balaban J connectivity index is 0.000000902. The molecule has 0 aromatic heterocycles. The molecule has 1 atom stereocenters. The van der Waals surface area contributed by atoms with E-state index in [0.717, 1.165) is 30.8 Å². The van der Waals surface area contributed by atoms with Crippen LogP contribution < -0.4 is 48.0 Å². The largest absolute Gasteiger partial charge is 1.00 e. The topological polar surface area (TPSA) is 0 Å². The molecule has 0 N–H and O–H groups in total. The van der Waals surface area contributed by atoms with Crippen LogP contribution in [0.15, 0.2) is 57.9 Å². The van der Waals surface area contributed by atoms with E-state index >= 15 is 0 Å². The first-order valence-electron chi connectivity index (χ1n) is 5.90. The number of benzene rings is 2. The summed E-state index contributed by atoms with van der Waals surface area (Å²) in [4.78, 5) is 0. The summed E-state index contributed by atoms with van der Waals surface area (Å²) in [6, 6.07) is 19.6. The van der Waals surface area contributed by atoms with E-state index < -0.39 is 0 Å². The molecule has 0 spiro atoms. The average molecular weight is 638 g/mol. The average Bonchev–Trinajstić information content (AvgIpc) is 2.68. The van der Waals surface area contributed by atoms with Gasteiger partial charge in [0.2, 0.25) is 0 Å². The predicted octanol–water partition coefficient (Wildman–Crippen LogP) is -2.08. The molecule has 19 heavy (non-hydrogen) atoms. The van der Waals surface area contributed by atoms with Gasteiger partial charge in [-0.05, 0) is 0 Å². The first kappa shape index (κ1) is 17.6. The standard InChI is InChI=1S/C16H13.Hf.2HI/c1-2-6-13(7-3-1)12-15-11-10-14-8-4-5-9-16(14)15;;;/h1-10,15H,12H2;;2*1H/q;+2;;/p-2. The molecule has 0 heterocycles. The van der Waals surface area contributed by atoms with Crippen molar-refractivity contribution in [3.05, 3.63) is 74.6 Å². The van der Waals surface area contributed by atoms with Crippen LogP contribution in [0, 0.1) is 0 Å². The summed E-state index contributed by atoms with van der Waals surface area (Å²) in [6.07, 6.45) is 3.53. The summed E-state index contributed by atoms with van der Waals surface area (Å²) in [7, 11) is 0. The van der Waals surface area contributed by atoms with Gasteiger partial charge in [0, 0.05) is 0 Å². The summed E-state index contributed by atoms with van der Waals surface area (Å²) in [5.74, 6) is 0.625. The van der Waals surface area contributed by atoms with E-state index in [1.54, 1.807) is 3.33 Å². The van der Waals surface area contributed by atoms with Crippen molar-refractivity contribution >= 4 is 6.08 Å². The molecule has 0 saturated carbocycles. The fraction of sp³-hybridized carbons (Fsp3) is 0.125. The Morgan fingerprint density at radius 1 is 0.842 bits per heavy atom. The summed E-state index contributed by atoms with van der Waals surface area (Å²) in [6.45, 7) is 0. The number of hydrogen-bond donors (Lipinski definition) is 0. The van der Waals surface area contributed by atoms with E-state index in [2.05, 4.69) is 60.7 Å². The molecule has 0 nitrogen and oxygen atoms in total. The van der Waals surface area contributed by atoms with Gasteiger partial charge in [-0.3, -0.25) is 0 Å². The van der Waals surface area contributed by atoms with Gasteiger partial charge in [0.05, 0.1) is 0 Å². The van der Waals surface area contributed by atoms with E-state index in [-0.39, 0.29) is 48.0 Å². The monoisotopic (exact) mass is 639 g/mol. The van der Waals surface area contributed by atoms with E-state index in [1.807, 2.05) is 0 Å². The fourth-order valence-electron chi connectivity index (χ4n) is 2.47. The Morgan fingerprint density at radius 3 is 2.21 bits per heavy atom. The van der Waals surface area contributed by atoms with Crippen molar-refractivity contribution in [1.82, 2.24) is 0 Å². The molecule has 1 aliphatic rings. The first-order valence-corrected chi connectivity index (χ1v) is 7.70. The van der Waals surface area contributed by atoms with Crippen LogP contribution in [-0.4, -0.2) is 0 Å². The van der Waals surface area contributed by atoms with Crippen LogP contribution >= 0.6 is 0 Å². The zero-order chi connectivity index (χ0) is 11.7. The number of halogens is 2. The molecule has 0 saturated heterocycles. The van der Waals surface area contributed by atoms with Crippen LogP contribution in [0.2, 0.25) is 0 Å². The predicted molar refractivity (Wildman–Crippen MR) is 67.3 cm³/mol. The molecule has 3 heteroatoms. The van der Waals surface area contributed by atoms with E-state index in [0.29, 0.717) is 5.92 Å². The van der Waals surface area contributed by atoms with Crippen LogP contribution in [0.1, 0.15) is 22.6 Å². The maximum Gasteiger partial charge on any atom is -1.00 e. The van der Waals surface area contributed by atoms with Gasteiger partial charge < -0.3 is 48.0 Å². The molecule has 3 rings (SSSR count). The van der Waals surface area contributed by atoms with E-state index in [9.17, 15) is 0 Å². The second-order valence-corrected chi connectivity index (χ2v) is 6.55. The SMILES string of the molecule is [Hf+2][C]1=Cc2ccccc2C1Cc1ccccc1.[I-].[I-]. The van der Waals surface area contributed by atoms with Crippen molar-refractivity contribution in [2.45, 2.75) is 12.3 Å². The molecule has 0 radical (unpaired) electrons. The van der Waals surface area contributed by atoms with Crippen molar-refractivity contribution in [2.24, 2.45) is 0 Å². The van der Waals surface area contributed by atoms with Gasteiger partial charge in [-0.25, -0.2) is 0 Å². The summed E-state index contributed by atoms with van der Waals surface area (Å²) >= 11 is 1.16. The quantitative estimate of drug-likeness (QED) is 0.263. The smallest absolute Gasteiger partial charge is 1.00 e. The minimum Gasteiger partial charge on any atom is -1.00 e. The van der Waals surface area contributed by atoms with Gasteiger partial charge in [-0.1, -0.05) is 0 Å². The number of fused-ring (bicyclic) bond motifs is 1. The zero-order valence-corrected chi connectivity index (χ0v) is 18.2. The van der Waals surface area contributed by atoms with Crippen LogP contribution in [-0.2, 0) is 30.8 Å². The maximum atomic E-state index is 2.38. The van der Waals surface area contributed by atoms with Gasteiger partial charge in [0.25, 0.3) is 0 Å². The molecule has 95 valence electrons. The first-order chi connectivity index (χ1) is 8.34. The Hall–Kier alpha value is 0.510. The molecular weight excluding hydrogens is 624 g/mol. The van der Waals surface area contributed by atoms with E-state index in [4.69, 9.17) is 0 Å². The Kier molecular flexibility index (Phi) is 7.46. The fourth-order valence-corrected chi connectivity index (χ4v) is 3.95. The van der Waals surface area contributed by atoms with E-state index in [1.165, 1.54) is 16.7 Å². The molecule has 2 aromatic carbocycles.